The van der Waals surface area contributed by atoms with Crippen molar-refractivity contribution in [1.82, 2.24) is 15.2 Å². The molecule has 0 unspecified atom stereocenters. The second-order valence-corrected chi connectivity index (χ2v) is 6.91. The highest BCUT2D eigenvalue weighted by atomic mass is 16.5. The molecule has 4 rings (SSSR count). The first kappa shape index (κ1) is 16.6. The Balaban J connectivity index is 1.56. The van der Waals surface area contributed by atoms with E-state index in [1.807, 2.05) is 36.4 Å². The van der Waals surface area contributed by atoms with E-state index < -0.39 is 0 Å². The fourth-order valence-corrected chi connectivity index (χ4v) is 3.30. The normalized spacial score (nSPS) is 17.2. The van der Waals surface area contributed by atoms with Gasteiger partial charge in [-0.05, 0) is 18.8 Å². The van der Waals surface area contributed by atoms with Gasteiger partial charge in [0.25, 0.3) is 5.91 Å². The Morgan fingerprint density at radius 1 is 1.15 bits per heavy atom. The summed E-state index contributed by atoms with van der Waals surface area (Å²) in [6, 6.07) is 13.2. The maximum Gasteiger partial charge on any atom is 0.293 e. The standard InChI is InChI=1S/C20H21N3O3/c1-13(2)15-11-18(25-21-15)17-9-6-10-23(17)20(24)19-12-16(22-26-19)14-7-4-3-5-8-14/h3-5,7-8,11-13,17H,6,9-10H2,1-2H3/t17-/m0/s1. The Bertz CT molecular complexity index is 898. The Labute approximate surface area is 151 Å². The van der Waals surface area contributed by atoms with Crippen LogP contribution in [0.1, 0.15) is 60.7 Å². The van der Waals surface area contributed by atoms with Gasteiger partial charge in [-0.25, -0.2) is 0 Å². The summed E-state index contributed by atoms with van der Waals surface area (Å²) in [5, 5.41) is 8.17. The Morgan fingerprint density at radius 3 is 2.69 bits per heavy atom. The Kier molecular flexibility index (Phi) is 4.32. The number of rotatable bonds is 4. The molecule has 2 aromatic heterocycles. The molecule has 6 heteroatoms. The summed E-state index contributed by atoms with van der Waals surface area (Å²) in [5.41, 5.74) is 2.49. The first-order valence-corrected chi connectivity index (χ1v) is 8.93. The zero-order chi connectivity index (χ0) is 18.1. The van der Waals surface area contributed by atoms with Crippen LogP contribution in [0.3, 0.4) is 0 Å². The average molecular weight is 351 g/mol. The molecule has 3 heterocycles. The molecular formula is C20H21N3O3. The largest absolute Gasteiger partial charge is 0.359 e. The molecule has 0 saturated carbocycles. The lowest BCUT2D eigenvalue weighted by atomic mass is 10.1. The van der Waals surface area contributed by atoms with Crippen LogP contribution in [0.25, 0.3) is 11.3 Å². The summed E-state index contributed by atoms with van der Waals surface area (Å²) in [6.45, 7) is 4.81. The van der Waals surface area contributed by atoms with Gasteiger partial charge in [-0.2, -0.15) is 0 Å². The third kappa shape index (κ3) is 3.03. The summed E-state index contributed by atoms with van der Waals surface area (Å²) < 4.78 is 10.8. The van der Waals surface area contributed by atoms with E-state index >= 15 is 0 Å². The minimum atomic E-state index is -0.162. The van der Waals surface area contributed by atoms with Gasteiger partial charge in [0.2, 0.25) is 5.76 Å². The van der Waals surface area contributed by atoms with Gasteiger partial charge in [0.15, 0.2) is 5.76 Å². The number of carbonyl (C=O) groups is 1. The molecule has 1 aromatic carbocycles. The van der Waals surface area contributed by atoms with Gasteiger partial charge in [-0.15, -0.1) is 0 Å². The fourth-order valence-electron chi connectivity index (χ4n) is 3.30. The minimum Gasteiger partial charge on any atom is -0.359 e. The Hall–Kier alpha value is -2.89. The molecule has 0 spiro atoms. The van der Waals surface area contributed by atoms with Crippen molar-refractivity contribution in [3.63, 3.8) is 0 Å². The molecule has 0 bridgehead atoms. The van der Waals surface area contributed by atoms with Crippen LogP contribution in [-0.2, 0) is 0 Å². The van der Waals surface area contributed by atoms with E-state index in [9.17, 15) is 4.79 Å². The molecule has 1 aliphatic heterocycles. The van der Waals surface area contributed by atoms with Crippen LogP contribution in [0.2, 0.25) is 0 Å². The van der Waals surface area contributed by atoms with E-state index in [1.54, 1.807) is 11.0 Å². The first-order valence-electron chi connectivity index (χ1n) is 8.93. The van der Waals surface area contributed by atoms with Gasteiger partial charge < -0.3 is 13.9 Å². The number of hydrogen-bond acceptors (Lipinski definition) is 5. The zero-order valence-corrected chi connectivity index (χ0v) is 14.9. The smallest absolute Gasteiger partial charge is 0.293 e. The van der Waals surface area contributed by atoms with Crippen LogP contribution < -0.4 is 0 Å². The highest BCUT2D eigenvalue weighted by Crippen LogP contribution is 2.34. The van der Waals surface area contributed by atoms with Gasteiger partial charge in [0, 0.05) is 24.2 Å². The predicted molar refractivity (Wildman–Crippen MR) is 95.5 cm³/mol. The summed E-state index contributed by atoms with van der Waals surface area (Å²) in [4.78, 5) is 14.7. The van der Waals surface area contributed by atoms with E-state index in [-0.39, 0.29) is 17.7 Å². The van der Waals surface area contributed by atoms with Crippen LogP contribution in [0.15, 0.2) is 51.5 Å². The molecule has 1 fully saturated rings. The second-order valence-electron chi connectivity index (χ2n) is 6.91. The molecular weight excluding hydrogens is 330 g/mol. The monoisotopic (exact) mass is 351 g/mol. The molecule has 6 nitrogen and oxygen atoms in total. The molecule has 26 heavy (non-hydrogen) atoms. The van der Waals surface area contributed by atoms with Crippen molar-refractivity contribution >= 4 is 5.91 Å². The van der Waals surface area contributed by atoms with E-state index in [2.05, 4.69) is 24.2 Å². The van der Waals surface area contributed by atoms with E-state index in [0.717, 1.165) is 29.9 Å². The predicted octanol–water partition coefficient (Wildman–Crippen LogP) is 4.43. The summed E-state index contributed by atoms with van der Waals surface area (Å²) in [5.74, 6) is 1.12. The molecule has 0 aliphatic carbocycles. The maximum atomic E-state index is 12.9. The minimum absolute atomic E-state index is 0.104. The van der Waals surface area contributed by atoms with Crippen LogP contribution in [-0.4, -0.2) is 27.7 Å². The highest BCUT2D eigenvalue weighted by molar-refractivity contribution is 5.92. The third-order valence-corrected chi connectivity index (χ3v) is 4.77. The van der Waals surface area contributed by atoms with Crippen LogP contribution >= 0.6 is 0 Å². The number of hydrogen-bond donors (Lipinski definition) is 0. The number of nitrogens with zero attached hydrogens (tertiary/aromatic N) is 3. The van der Waals surface area contributed by atoms with Gasteiger partial charge >= 0.3 is 0 Å². The first-order chi connectivity index (χ1) is 12.6. The lowest BCUT2D eigenvalue weighted by Gasteiger charge is -2.21. The molecule has 3 aromatic rings. The summed E-state index contributed by atoms with van der Waals surface area (Å²) in [7, 11) is 0. The topological polar surface area (TPSA) is 72.4 Å². The van der Waals surface area contributed by atoms with Crippen LogP contribution in [0.4, 0.5) is 0 Å². The number of aromatic nitrogens is 2. The quantitative estimate of drug-likeness (QED) is 0.695. The number of likely N-dealkylation sites (tertiary alicyclic amines) is 1. The van der Waals surface area contributed by atoms with Gasteiger partial charge in [-0.1, -0.05) is 54.5 Å². The van der Waals surface area contributed by atoms with Crippen molar-refractivity contribution in [1.29, 1.82) is 0 Å². The number of benzene rings is 1. The zero-order valence-electron chi connectivity index (χ0n) is 14.9. The van der Waals surface area contributed by atoms with Crippen molar-refractivity contribution in [2.24, 2.45) is 0 Å². The number of carbonyl (C=O) groups excluding carboxylic acids is 1. The highest BCUT2D eigenvalue weighted by Gasteiger charge is 2.35. The maximum absolute atomic E-state index is 12.9. The SMILES string of the molecule is CC(C)c1cc([C@@H]2CCCN2C(=O)c2cc(-c3ccccc3)no2)on1. The van der Waals surface area contributed by atoms with Crippen LogP contribution in [0.5, 0.6) is 0 Å². The van der Waals surface area contributed by atoms with Crippen molar-refractivity contribution in [2.45, 2.75) is 38.6 Å². The molecule has 134 valence electrons. The van der Waals surface area contributed by atoms with E-state index in [0.29, 0.717) is 18.2 Å². The molecule has 0 radical (unpaired) electrons. The van der Waals surface area contributed by atoms with Crippen LogP contribution in [0, 0.1) is 0 Å². The van der Waals surface area contributed by atoms with Crippen molar-refractivity contribution in [2.75, 3.05) is 6.54 Å². The molecule has 1 aliphatic rings. The summed E-state index contributed by atoms with van der Waals surface area (Å²) >= 11 is 0. The molecule has 1 saturated heterocycles. The Morgan fingerprint density at radius 2 is 1.96 bits per heavy atom. The summed E-state index contributed by atoms with van der Waals surface area (Å²) in [6.07, 6.45) is 1.78. The molecule has 1 atom stereocenters. The number of amides is 1. The van der Waals surface area contributed by atoms with Crippen molar-refractivity contribution in [3.8, 4) is 11.3 Å². The molecule has 1 amide bonds. The third-order valence-electron chi connectivity index (χ3n) is 4.77. The average Bonchev–Trinajstić information content (AvgIpc) is 3.41. The van der Waals surface area contributed by atoms with Gasteiger partial charge in [0.1, 0.15) is 5.69 Å². The lowest BCUT2D eigenvalue weighted by molar-refractivity contribution is 0.0672. The van der Waals surface area contributed by atoms with Gasteiger partial charge in [0.05, 0.1) is 11.7 Å². The van der Waals surface area contributed by atoms with Crippen molar-refractivity contribution < 1.29 is 13.8 Å². The van der Waals surface area contributed by atoms with E-state index in [1.165, 1.54) is 0 Å². The lowest BCUT2D eigenvalue weighted by Crippen LogP contribution is -2.30. The van der Waals surface area contributed by atoms with E-state index in [4.69, 9.17) is 9.05 Å². The second kappa shape index (κ2) is 6.78. The van der Waals surface area contributed by atoms with Gasteiger partial charge in [-0.3, -0.25) is 4.79 Å². The fraction of sp³-hybridized carbons (Fsp3) is 0.350. The molecule has 0 N–H and O–H groups in total. The van der Waals surface area contributed by atoms with Crippen molar-refractivity contribution in [3.05, 3.63) is 59.7 Å².